The average Bonchev–Trinajstić information content (AvgIpc) is 3.38. The zero-order chi connectivity index (χ0) is 26.6. The van der Waals surface area contributed by atoms with E-state index < -0.39 is 0 Å². The predicted octanol–water partition coefficient (Wildman–Crippen LogP) is 6.69. The van der Waals surface area contributed by atoms with E-state index in [2.05, 4.69) is 30.1 Å². The first-order valence-corrected chi connectivity index (χ1v) is 14.6. The maximum absolute atomic E-state index is 13.9. The molecule has 6 nitrogen and oxygen atoms in total. The molecule has 5 rings (SSSR count). The highest BCUT2D eigenvalue weighted by atomic mass is 32.1. The smallest absolute Gasteiger partial charge is 0.271 e. The average molecular weight is 535 g/mol. The molecule has 0 spiro atoms. The van der Waals surface area contributed by atoms with Crippen molar-refractivity contribution in [1.29, 1.82) is 0 Å². The molecule has 2 aliphatic carbocycles. The lowest BCUT2D eigenvalue weighted by Gasteiger charge is -2.36. The zero-order valence-electron chi connectivity index (χ0n) is 22.3. The van der Waals surface area contributed by atoms with Crippen LogP contribution in [-0.2, 0) is 4.79 Å². The molecular formula is C31H38N2O4S. The van der Waals surface area contributed by atoms with Gasteiger partial charge in [-0.15, -0.1) is 0 Å². The lowest BCUT2D eigenvalue weighted by atomic mass is 9.78. The number of aliphatic hydroxyl groups is 1. The third-order valence-electron chi connectivity index (χ3n) is 8.43. The zero-order valence-corrected chi connectivity index (χ0v) is 23.1. The third kappa shape index (κ3) is 6.05. The Morgan fingerprint density at radius 1 is 1.05 bits per heavy atom. The fourth-order valence-electron chi connectivity index (χ4n) is 6.18. The van der Waals surface area contributed by atoms with Gasteiger partial charge in [0, 0.05) is 24.3 Å². The number of carbonyl (C=O) groups excluding carboxylic acids is 1. The summed E-state index contributed by atoms with van der Waals surface area (Å²) in [6, 6.07) is 14.6. The second-order valence-corrected chi connectivity index (χ2v) is 12.0. The van der Waals surface area contributed by atoms with Gasteiger partial charge >= 0.3 is 0 Å². The molecule has 0 radical (unpaired) electrons. The topological polar surface area (TPSA) is 82.9 Å². The van der Waals surface area contributed by atoms with E-state index in [1.807, 2.05) is 29.2 Å². The molecule has 202 valence electrons. The first-order valence-electron chi connectivity index (χ1n) is 13.8. The first kappa shape index (κ1) is 26.7. The molecule has 0 atom stereocenters. The van der Waals surface area contributed by atoms with E-state index in [0.29, 0.717) is 31.2 Å². The number of anilines is 1. The number of hydrogen-bond acceptors (Lipinski definition) is 6. The predicted molar refractivity (Wildman–Crippen MR) is 152 cm³/mol. The number of aliphatic hydroxyl groups excluding tert-OH is 1. The van der Waals surface area contributed by atoms with Crippen molar-refractivity contribution < 1.29 is 19.7 Å². The van der Waals surface area contributed by atoms with Crippen molar-refractivity contribution >= 4 is 22.9 Å². The van der Waals surface area contributed by atoms with Crippen molar-refractivity contribution in [2.24, 2.45) is 11.8 Å². The van der Waals surface area contributed by atoms with Crippen LogP contribution < -0.4 is 9.64 Å². The molecule has 1 amide bonds. The SMILES string of the molecule is COc1ccc([C@H]2CC[C@H](CN(c3cccc(-c4cnc(O)s4)c3)C(=O)[C@H]3CC[C@H](O)CC3)CC2)cc1C. The van der Waals surface area contributed by atoms with E-state index in [-0.39, 0.29) is 23.1 Å². The fourth-order valence-corrected chi connectivity index (χ4v) is 6.84. The molecular weight excluding hydrogens is 496 g/mol. The van der Waals surface area contributed by atoms with Gasteiger partial charge in [0.15, 0.2) is 0 Å². The number of methoxy groups -OCH3 is 1. The molecule has 0 aliphatic heterocycles. The minimum Gasteiger partial charge on any atom is -0.496 e. The summed E-state index contributed by atoms with van der Waals surface area (Å²) in [6.07, 6.45) is 8.67. The van der Waals surface area contributed by atoms with Crippen molar-refractivity contribution in [1.82, 2.24) is 4.98 Å². The number of aryl methyl sites for hydroxylation is 1. The summed E-state index contributed by atoms with van der Waals surface area (Å²) in [5.74, 6) is 2.05. The van der Waals surface area contributed by atoms with Gasteiger partial charge < -0.3 is 19.8 Å². The number of rotatable bonds is 7. The lowest BCUT2D eigenvalue weighted by Crippen LogP contribution is -2.41. The molecule has 38 heavy (non-hydrogen) atoms. The van der Waals surface area contributed by atoms with Crippen LogP contribution in [-0.4, -0.2) is 40.9 Å². The van der Waals surface area contributed by atoms with Crippen LogP contribution in [0, 0.1) is 18.8 Å². The molecule has 2 fully saturated rings. The second kappa shape index (κ2) is 11.9. The van der Waals surface area contributed by atoms with Crippen LogP contribution in [0.3, 0.4) is 0 Å². The van der Waals surface area contributed by atoms with Crippen LogP contribution in [0.15, 0.2) is 48.7 Å². The summed E-state index contributed by atoms with van der Waals surface area (Å²) < 4.78 is 5.44. The summed E-state index contributed by atoms with van der Waals surface area (Å²) in [5.41, 5.74) is 4.42. The van der Waals surface area contributed by atoms with E-state index in [4.69, 9.17) is 4.74 Å². The number of nitrogens with zero attached hydrogens (tertiary/aromatic N) is 2. The van der Waals surface area contributed by atoms with Crippen LogP contribution in [0.4, 0.5) is 5.69 Å². The molecule has 2 aromatic carbocycles. The van der Waals surface area contributed by atoms with Gasteiger partial charge in [0.05, 0.1) is 18.1 Å². The van der Waals surface area contributed by atoms with Gasteiger partial charge in [0.1, 0.15) is 5.75 Å². The first-order chi connectivity index (χ1) is 18.4. The van der Waals surface area contributed by atoms with Gasteiger partial charge in [-0.2, -0.15) is 0 Å². The summed E-state index contributed by atoms with van der Waals surface area (Å²) in [4.78, 5) is 20.8. The van der Waals surface area contributed by atoms with Gasteiger partial charge in [-0.1, -0.05) is 35.6 Å². The monoisotopic (exact) mass is 534 g/mol. The molecule has 0 saturated heterocycles. The number of carbonyl (C=O) groups is 1. The summed E-state index contributed by atoms with van der Waals surface area (Å²) in [5, 5.41) is 19.8. The van der Waals surface area contributed by atoms with Crippen LogP contribution in [0.25, 0.3) is 10.4 Å². The number of benzene rings is 2. The van der Waals surface area contributed by atoms with Crippen LogP contribution in [0.2, 0.25) is 0 Å². The maximum Gasteiger partial charge on any atom is 0.271 e. The highest BCUT2D eigenvalue weighted by Gasteiger charge is 2.32. The van der Waals surface area contributed by atoms with Crippen molar-refractivity contribution in [2.75, 3.05) is 18.6 Å². The quantitative estimate of drug-likeness (QED) is 0.353. The van der Waals surface area contributed by atoms with E-state index in [9.17, 15) is 15.0 Å². The maximum atomic E-state index is 13.9. The van der Waals surface area contributed by atoms with E-state index in [0.717, 1.165) is 60.4 Å². The number of thiazole rings is 1. The highest BCUT2D eigenvalue weighted by molar-refractivity contribution is 7.16. The van der Waals surface area contributed by atoms with E-state index >= 15 is 0 Å². The van der Waals surface area contributed by atoms with E-state index in [1.165, 1.54) is 22.5 Å². The largest absolute Gasteiger partial charge is 0.496 e. The molecule has 2 saturated carbocycles. The van der Waals surface area contributed by atoms with Crippen molar-refractivity contribution in [2.45, 2.75) is 70.3 Å². The molecule has 1 aromatic heterocycles. The summed E-state index contributed by atoms with van der Waals surface area (Å²) >= 11 is 1.24. The molecule has 2 N–H and O–H groups in total. The number of ether oxygens (including phenoxy) is 1. The fraction of sp³-hybridized carbons (Fsp3) is 0.484. The van der Waals surface area contributed by atoms with Gasteiger partial charge in [0.2, 0.25) is 5.91 Å². The van der Waals surface area contributed by atoms with Crippen LogP contribution in [0.5, 0.6) is 10.9 Å². The van der Waals surface area contributed by atoms with Gasteiger partial charge in [-0.05, 0) is 105 Å². The Morgan fingerprint density at radius 3 is 2.47 bits per heavy atom. The number of hydrogen-bond donors (Lipinski definition) is 2. The van der Waals surface area contributed by atoms with Crippen molar-refractivity contribution in [3.8, 4) is 21.4 Å². The lowest BCUT2D eigenvalue weighted by molar-refractivity contribution is -0.124. The van der Waals surface area contributed by atoms with Crippen LogP contribution >= 0.6 is 11.3 Å². The normalized spacial score (nSPS) is 23.7. The molecule has 0 bridgehead atoms. The Kier molecular flexibility index (Phi) is 8.34. The van der Waals surface area contributed by atoms with Crippen LogP contribution in [0.1, 0.15) is 68.4 Å². The number of aromatic nitrogens is 1. The molecule has 7 heteroatoms. The highest BCUT2D eigenvalue weighted by Crippen LogP contribution is 2.39. The molecule has 0 unspecified atom stereocenters. The Morgan fingerprint density at radius 2 is 1.82 bits per heavy atom. The van der Waals surface area contributed by atoms with E-state index in [1.54, 1.807) is 13.3 Å². The second-order valence-electron chi connectivity index (χ2n) is 11.0. The Bertz CT molecular complexity index is 1240. The van der Waals surface area contributed by atoms with Gasteiger partial charge in [-0.25, -0.2) is 4.98 Å². The number of amides is 1. The minimum atomic E-state index is -0.285. The Labute approximate surface area is 229 Å². The van der Waals surface area contributed by atoms with Gasteiger partial charge in [-0.3, -0.25) is 4.79 Å². The molecule has 3 aromatic rings. The standard InChI is InChI=1S/C31H38N2O4S/c1-20-16-24(12-15-28(20)37-2)22-8-6-21(7-9-22)19-33(30(35)23-10-13-27(34)14-11-23)26-5-3-4-25(17-26)29-18-32-31(36)38-29/h3-5,12,15-18,21-23,27,34H,6-11,13-14,19H2,1-2H3,(H,32,36)/t21-,22-,23-,27-. The molecule has 2 aliphatic rings. The summed E-state index contributed by atoms with van der Waals surface area (Å²) in [6.45, 7) is 2.81. The Balaban J connectivity index is 1.32. The van der Waals surface area contributed by atoms with Gasteiger partial charge in [0.25, 0.3) is 5.19 Å². The Hall–Kier alpha value is -2.90. The number of aromatic hydroxyl groups is 1. The third-order valence-corrected chi connectivity index (χ3v) is 9.27. The van der Waals surface area contributed by atoms with Crippen molar-refractivity contribution in [3.63, 3.8) is 0 Å². The van der Waals surface area contributed by atoms with Crippen molar-refractivity contribution in [3.05, 3.63) is 59.8 Å². The summed E-state index contributed by atoms with van der Waals surface area (Å²) in [7, 11) is 1.71. The molecule has 1 heterocycles. The minimum absolute atomic E-state index is 0.0444.